The Bertz CT molecular complexity index is 610. The molecule has 0 saturated heterocycles. The summed E-state index contributed by atoms with van der Waals surface area (Å²) in [5, 5.41) is 11.5. The van der Waals surface area contributed by atoms with Crippen molar-refractivity contribution in [2.45, 2.75) is 23.2 Å². The molecule has 19 heavy (non-hydrogen) atoms. The first-order valence-electron chi connectivity index (χ1n) is 6.13. The number of amides is 1. The van der Waals surface area contributed by atoms with E-state index in [4.69, 9.17) is 0 Å². The fourth-order valence-corrected chi connectivity index (χ4v) is 3.07. The van der Waals surface area contributed by atoms with Crippen LogP contribution in [0, 0.1) is 0 Å². The molecule has 0 unspecified atom stereocenters. The highest BCUT2D eigenvalue weighted by Crippen LogP contribution is 2.30. The largest absolute Gasteiger partial charge is 0.325 e. The third kappa shape index (κ3) is 2.49. The number of para-hydroxylation sites is 1. The van der Waals surface area contributed by atoms with Crippen molar-refractivity contribution < 1.29 is 4.79 Å². The molecule has 1 aromatic heterocycles. The zero-order valence-electron chi connectivity index (χ0n) is 10.5. The van der Waals surface area contributed by atoms with Crippen LogP contribution in [0.4, 0.5) is 5.69 Å². The maximum Gasteiger partial charge on any atom is 0.237 e. The standard InChI is InChI=1S/C13H14N4OS/c1-17-8-14-16-13(17)19-11-7-6-9-4-2-3-5-10(9)15-12(11)18/h2-5,8,11H,6-7H2,1H3,(H,15,18)/t11-/m1/s1. The monoisotopic (exact) mass is 274 g/mol. The van der Waals surface area contributed by atoms with E-state index in [9.17, 15) is 4.79 Å². The van der Waals surface area contributed by atoms with Crippen LogP contribution in [0.1, 0.15) is 12.0 Å². The van der Waals surface area contributed by atoms with Gasteiger partial charge >= 0.3 is 0 Å². The van der Waals surface area contributed by atoms with Crippen molar-refractivity contribution >= 4 is 23.4 Å². The fourth-order valence-electron chi connectivity index (χ4n) is 2.11. The van der Waals surface area contributed by atoms with E-state index in [0.717, 1.165) is 23.7 Å². The predicted octanol–water partition coefficient (Wildman–Crippen LogP) is 1.86. The SMILES string of the molecule is Cn1cnnc1S[C@@H]1CCc2ccccc2NC1=O. The van der Waals surface area contributed by atoms with Crippen LogP contribution in [-0.4, -0.2) is 25.9 Å². The Kier molecular flexibility index (Phi) is 3.25. The number of aromatic nitrogens is 3. The van der Waals surface area contributed by atoms with Crippen LogP contribution in [0.15, 0.2) is 35.7 Å². The van der Waals surface area contributed by atoms with Gasteiger partial charge in [-0.2, -0.15) is 0 Å². The second-order valence-electron chi connectivity index (χ2n) is 4.52. The summed E-state index contributed by atoms with van der Waals surface area (Å²) in [6, 6.07) is 7.95. The minimum atomic E-state index is -0.129. The molecule has 0 spiro atoms. The number of anilines is 1. The molecule has 1 aliphatic heterocycles. The number of thioether (sulfide) groups is 1. The molecule has 2 heterocycles. The van der Waals surface area contributed by atoms with Crippen molar-refractivity contribution in [3.63, 3.8) is 0 Å². The number of aryl methyl sites for hydroxylation is 2. The van der Waals surface area contributed by atoms with E-state index in [1.54, 1.807) is 6.33 Å². The van der Waals surface area contributed by atoms with Gasteiger partial charge < -0.3 is 9.88 Å². The Hall–Kier alpha value is -1.82. The zero-order valence-corrected chi connectivity index (χ0v) is 11.4. The average molecular weight is 274 g/mol. The molecule has 0 radical (unpaired) electrons. The second-order valence-corrected chi connectivity index (χ2v) is 5.69. The van der Waals surface area contributed by atoms with Crippen LogP contribution in [0.2, 0.25) is 0 Å². The molecule has 0 fully saturated rings. The molecule has 5 nitrogen and oxygen atoms in total. The number of hydrogen-bond donors (Lipinski definition) is 1. The normalized spacial score (nSPS) is 18.6. The summed E-state index contributed by atoms with van der Waals surface area (Å²) >= 11 is 1.47. The molecule has 1 atom stereocenters. The summed E-state index contributed by atoms with van der Waals surface area (Å²) < 4.78 is 1.83. The van der Waals surface area contributed by atoms with Gasteiger partial charge in [-0.25, -0.2) is 0 Å². The lowest BCUT2D eigenvalue weighted by molar-refractivity contribution is -0.115. The van der Waals surface area contributed by atoms with Crippen LogP contribution in [0.25, 0.3) is 0 Å². The van der Waals surface area contributed by atoms with Gasteiger partial charge in [0.1, 0.15) is 6.33 Å². The second kappa shape index (κ2) is 5.05. The van der Waals surface area contributed by atoms with Crippen LogP contribution < -0.4 is 5.32 Å². The van der Waals surface area contributed by atoms with Crippen molar-refractivity contribution in [2.75, 3.05) is 5.32 Å². The molecule has 1 aliphatic rings. The van der Waals surface area contributed by atoms with Crippen molar-refractivity contribution in [3.05, 3.63) is 36.2 Å². The van der Waals surface area contributed by atoms with Gasteiger partial charge in [0.05, 0.1) is 5.25 Å². The number of rotatable bonds is 2. The molecule has 0 aliphatic carbocycles. The van der Waals surface area contributed by atoms with Crippen LogP contribution in [0.5, 0.6) is 0 Å². The maximum absolute atomic E-state index is 12.2. The summed E-state index contributed by atoms with van der Waals surface area (Å²) in [6.07, 6.45) is 3.34. The highest BCUT2D eigenvalue weighted by molar-refractivity contribution is 8.00. The maximum atomic E-state index is 12.2. The van der Waals surface area contributed by atoms with Gasteiger partial charge in [0, 0.05) is 12.7 Å². The highest BCUT2D eigenvalue weighted by atomic mass is 32.2. The average Bonchev–Trinajstić information content (AvgIpc) is 2.73. The lowest BCUT2D eigenvalue weighted by Crippen LogP contribution is -2.24. The quantitative estimate of drug-likeness (QED) is 0.908. The summed E-state index contributed by atoms with van der Waals surface area (Å²) in [7, 11) is 1.88. The van der Waals surface area contributed by atoms with E-state index in [1.165, 1.54) is 17.3 Å². The molecule has 6 heteroatoms. The number of hydrogen-bond acceptors (Lipinski definition) is 4. The van der Waals surface area contributed by atoms with Gasteiger partial charge in [-0.3, -0.25) is 4.79 Å². The molecular formula is C13H14N4OS. The van der Waals surface area contributed by atoms with E-state index < -0.39 is 0 Å². The van der Waals surface area contributed by atoms with Gasteiger partial charge in [0.25, 0.3) is 0 Å². The summed E-state index contributed by atoms with van der Waals surface area (Å²) in [5.41, 5.74) is 2.12. The Morgan fingerprint density at radius 2 is 2.26 bits per heavy atom. The minimum Gasteiger partial charge on any atom is -0.325 e. The Morgan fingerprint density at radius 3 is 3.05 bits per heavy atom. The first-order valence-corrected chi connectivity index (χ1v) is 7.01. The molecule has 2 aromatic rings. The van der Waals surface area contributed by atoms with Crippen molar-refractivity contribution in [1.29, 1.82) is 0 Å². The van der Waals surface area contributed by atoms with Gasteiger partial charge in [0.15, 0.2) is 5.16 Å². The first kappa shape index (κ1) is 12.2. The first-order chi connectivity index (χ1) is 9.24. The molecule has 0 saturated carbocycles. The molecule has 1 aromatic carbocycles. The topological polar surface area (TPSA) is 59.8 Å². The zero-order chi connectivity index (χ0) is 13.2. The predicted molar refractivity (Wildman–Crippen MR) is 74.0 cm³/mol. The Balaban J connectivity index is 1.79. The van der Waals surface area contributed by atoms with Crippen molar-refractivity contribution in [2.24, 2.45) is 7.05 Å². The smallest absolute Gasteiger partial charge is 0.237 e. The van der Waals surface area contributed by atoms with Crippen LogP contribution >= 0.6 is 11.8 Å². The van der Waals surface area contributed by atoms with Gasteiger partial charge in [-0.05, 0) is 24.5 Å². The van der Waals surface area contributed by atoms with Crippen LogP contribution in [-0.2, 0) is 18.3 Å². The van der Waals surface area contributed by atoms with E-state index in [2.05, 4.69) is 21.6 Å². The van der Waals surface area contributed by atoms with E-state index in [-0.39, 0.29) is 11.2 Å². The molecule has 98 valence electrons. The van der Waals surface area contributed by atoms with Crippen molar-refractivity contribution in [3.8, 4) is 0 Å². The lowest BCUT2D eigenvalue weighted by atomic mass is 10.1. The molecule has 0 bridgehead atoms. The molecule has 1 N–H and O–H groups in total. The lowest BCUT2D eigenvalue weighted by Gasteiger charge is -2.11. The summed E-state index contributed by atoms with van der Waals surface area (Å²) in [6.45, 7) is 0. The molecule has 1 amide bonds. The van der Waals surface area contributed by atoms with E-state index in [0.29, 0.717) is 0 Å². The van der Waals surface area contributed by atoms with Crippen molar-refractivity contribution in [1.82, 2.24) is 14.8 Å². The number of fused-ring (bicyclic) bond motifs is 1. The third-order valence-electron chi connectivity index (χ3n) is 3.16. The highest BCUT2D eigenvalue weighted by Gasteiger charge is 2.25. The Labute approximate surface area is 115 Å². The minimum absolute atomic E-state index is 0.0398. The van der Waals surface area contributed by atoms with E-state index >= 15 is 0 Å². The Morgan fingerprint density at radius 1 is 1.42 bits per heavy atom. The number of nitrogens with one attached hydrogen (secondary N) is 1. The van der Waals surface area contributed by atoms with Gasteiger partial charge in [-0.1, -0.05) is 30.0 Å². The number of nitrogens with zero attached hydrogens (tertiary/aromatic N) is 3. The number of carbonyl (C=O) groups is 1. The molecular weight excluding hydrogens is 260 g/mol. The molecule has 3 rings (SSSR count). The number of benzene rings is 1. The third-order valence-corrected chi connectivity index (χ3v) is 4.48. The van der Waals surface area contributed by atoms with Crippen LogP contribution in [0.3, 0.4) is 0 Å². The fraction of sp³-hybridized carbons (Fsp3) is 0.308. The summed E-state index contributed by atoms with van der Waals surface area (Å²) in [5.74, 6) is 0.0398. The summed E-state index contributed by atoms with van der Waals surface area (Å²) in [4.78, 5) is 12.2. The number of carbonyl (C=O) groups excluding carboxylic acids is 1. The van der Waals surface area contributed by atoms with E-state index in [1.807, 2.05) is 29.8 Å². The van der Waals surface area contributed by atoms with Gasteiger partial charge in [0.2, 0.25) is 5.91 Å². The van der Waals surface area contributed by atoms with Gasteiger partial charge in [-0.15, -0.1) is 10.2 Å².